The minimum absolute atomic E-state index is 0.153. The molecule has 0 fully saturated rings. The number of nitrogens with one attached hydrogen (secondary N) is 1. The number of hydrogen-bond donors (Lipinski definition) is 1. The van der Waals surface area contributed by atoms with Gasteiger partial charge in [0, 0.05) is 29.4 Å². The maximum atomic E-state index is 13.2. The van der Waals surface area contributed by atoms with E-state index in [9.17, 15) is 17.2 Å². The van der Waals surface area contributed by atoms with Crippen molar-refractivity contribution in [1.29, 1.82) is 0 Å². The molecule has 0 radical (unpaired) electrons. The van der Waals surface area contributed by atoms with E-state index in [4.69, 9.17) is 0 Å². The number of sulfonamides is 1. The van der Waals surface area contributed by atoms with Crippen molar-refractivity contribution >= 4 is 21.4 Å². The minimum atomic E-state index is -4.08. The van der Waals surface area contributed by atoms with E-state index >= 15 is 0 Å². The summed E-state index contributed by atoms with van der Waals surface area (Å²) in [6.07, 6.45) is 2.95. The van der Waals surface area contributed by atoms with Crippen LogP contribution in [0.1, 0.15) is 5.69 Å². The van der Waals surface area contributed by atoms with Crippen molar-refractivity contribution in [2.45, 2.75) is 11.4 Å². The standard InChI is InChI=1S/C15H11F2N3O2S2/c16-11-5-12(17)7-13(6-11)24(21,22)20-8-14-15(19-3-2-18-14)10-1-4-23-9-10/h1-7,9,20H,8H2. The predicted octanol–water partition coefficient (Wildman–Crippen LogP) is 2.96. The molecule has 24 heavy (non-hydrogen) atoms. The van der Waals surface area contributed by atoms with Crippen molar-refractivity contribution in [3.8, 4) is 11.3 Å². The summed E-state index contributed by atoms with van der Waals surface area (Å²) in [7, 11) is -4.08. The lowest BCUT2D eigenvalue weighted by Crippen LogP contribution is -2.24. The third-order valence-corrected chi connectivity index (χ3v) is 5.21. The summed E-state index contributed by atoms with van der Waals surface area (Å²) in [4.78, 5) is 7.86. The summed E-state index contributed by atoms with van der Waals surface area (Å²) in [5, 5.41) is 3.73. The topological polar surface area (TPSA) is 72.0 Å². The molecule has 0 saturated carbocycles. The van der Waals surface area contributed by atoms with Gasteiger partial charge in [0.15, 0.2) is 0 Å². The zero-order valence-corrected chi connectivity index (χ0v) is 13.7. The number of nitrogens with zero attached hydrogens (tertiary/aromatic N) is 2. The Morgan fingerprint density at radius 2 is 1.79 bits per heavy atom. The normalized spacial score (nSPS) is 11.6. The molecule has 0 aliphatic rings. The van der Waals surface area contributed by atoms with Crippen LogP contribution in [0.3, 0.4) is 0 Å². The van der Waals surface area contributed by atoms with Gasteiger partial charge in [0.2, 0.25) is 10.0 Å². The SMILES string of the molecule is O=S(=O)(NCc1nccnc1-c1ccsc1)c1cc(F)cc(F)c1. The third kappa shape index (κ3) is 3.64. The van der Waals surface area contributed by atoms with Crippen LogP contribution in [-0.4, -0.2) is 18.4 Å². The molecule has 0 unspecified atom stereocenters. The Morgan fingerprint density at radius 1 is 1.08 bits per heavy atom. The van der Waals surface area contributed by atoms with Crippen molar-refractivity contribution in [2.75, 3.05) is 0 Å². The van der Waals surface area contributed by atoms with Crippen LogP contribution in [0.5, 0.6) is 0 Å². The summed E-state index contributed by atoms with van der Waals surface area (Å²) in [6, 6.07) is 3.95. The fourth-order valence-corrected chi connectivity index (χ4v) is 3.74. The van der Waals surface area contributed by atoms with Gasteiger partial charge in [-0.05, 0) is 23.6 Å². The molecule has 124 valence electrons. The minimum Gasteiger partial charge on any atom is -0.256 e. The van der Waals surface area contributed by atoms with Gasteiger partial charge in [0.1, 0.15) is 11.6 Å². The zero-order valence-electron chi connectivity index (χ0n) is 12.1. The second kappa shape index (κ2) is 6.71. The highest BCUT2D eigenvalue weighted by Gasteiger charge is 2.18. The van der Waals surface area contributed by atoms with Crippen molar-refractivity contribution in [1.82, 2.24) is 14.7 Å². The third-order valence-electron chi connectivity index (χ3n) is 3.14. The number of thiophene rings is 1. The second-order valence-electron chi connectivity index (χ2n) is 4.79. The van der Waals surface area contributed by atoms with E-state index in [-0.39, 0.29) is 6.54 Å². The highest BCUT2D eigenvalue weighted by molar-refractivity contribution is 7.89. The number of benzene rings is 1. The van der Waals surface area contributed by atoms with Crippen molar-refractivity contribution < 1.29 is 17.2 Å². The first kappa shape index (κ1) is 16.6. The van der Waals surface area contributed by atoms with Crippen LogP contribution in [0.4, 0.5) is 8.78 Å². The molecule has 0 amide bonds. The van der Waals surface area contributed by atoms with Crippen LogP contribution in [0, 0.1) is 11.6 Å². The van der Waals surface area contributed by atoms with Crippen LogP contribution in [0.15, 0.2) is 52.3 Å². The molecule has 2 aromatic heterocycles. The Morgan fingerprint density at radius 3 is 2.46 bits per heavy atom. The number of aromatic nitrogens is 2. The second-order valence-corrected chi connectivity index (χ2v) is 7.34. The van der Waals surface area contributed by atoms with E-state index in [1.165, 1.54) is 23.7 Å². The summed E-state index contributed by atoms with van der Waals surface area (Å²) in [6.45, 7) is -0.153. The molecule has 3 aromatic rings. The average Bonchev–Trinajstić information content (AvgIpc) is 3.07. The molecule has 3 rings (SSSR count). The highest BCUT2D eigenvalue weighted by Crippen LogP contribution is 2.22. The van der Waals surface area contributed by atoms with Crippen LogP contribution in [-0.2, 0) is 16.6 Å². The van der Waals surface area contributed by atoms with Gasteiger partial charge in [0.05, 0.1) is 22.8 Å². The van der Waals surface area contributed by atoms with Crippen LogP contribution >= 0.6 is 11.3 Å². The number of hydrogen-bond acceptors (Lipinski definition) is 5. The molecule has 1 aromatic carbocycles. The van der Waals surface area contributed by atoms with Crippen LogP contribution < -0.4 is 4.72 Å². The average molecular weight is 367 g/mol. The van der Waals surface area contributed by atoms with E-state index in [1.807, 2.05) is 16.8 Å². The van der Waals surface area contributed by atoms with Crippen molar-refractivity contribution in [3.05, 3.63) is 64.7 Å². The van der Waals surface area contributed by atoms with Gasteiger partial charge < -0.3 is 0 Å². The summed E-state index contributed by atoms with van der Waals surface area (Å²) in [5.74, 6) is -1.93. The molecule has 0 aliphatic heterocycles. The van der Waals surface area contributed by atoms with Gasteiger partial charge in [-0.25, -0.2) is 21.9 Å². The largest absolute Gasteiger partial charge is 0.256 e. The first-order valence-corrected chi connectivity index (χ1v) is 9.16. The lowest BCUT2D eigenvalue weighted by atomic mass is 10.2. The number of halogens is 2. The quantitative estimate of drug-likeness (QED) is 0.753. The van der Waals surface area contributed by atoms with Gasteiger partial charge in [-0.1, -0.05) is 0 Å². The highest BCUT2D eigenvalue weighted by atomic mass is 32.2. The van der Waals surface area contributed by atoms with E-state index in [0.29, 0.717) is 17.5 Å². The van der Waals surface area contributed by atoms with E-state index < -0.39 is 26.6 Å². The molecule has 2 heterocycles. The Balaban J connectivity index is 1.86. The molecule has 0 saturated heterocycles. The van der Waals surface area contributed by atoms with Crippen molar-refractivity contribution in [3.63, 3.8) is 0 Å². The summed E-state index contributed by atoms with van der Waals surface area (Å²) < 4.78 is 53.2. The van der Waals surface area contributed by atoms with Gasteiger partial charge >= 0.3 is 0 Å². The Kier molecular flexibility index (Phi) is 4.65. The first-order valence-electron chi connectivity index (χ1n) is 6.74. The van der Waals surface area contributed by atoms with E-state index in [0.717, 1.165) is 17.7 Å². The van der Waals surface area contributed by atoms with Crippen molar-refractivity contribution in [2.24, 2.45) is 0 Å². The van der Waals surface area contributed by atoms with Gasteiger partial charge in [-0.3, -0.25) is 9.97 Å². The van der Waals surface area contributed by atoms with Crippen LogP contribution in [0.2, 0.25) is 0 Å². The van der Waals surface area contributed by atoms with E-state index in [2.05, 4.69) is 14.7 Å². The summed E-state index contributed by atoms with van der Waals surface area (Å²) in [5.41, 5.74) is 1.78. The molecule has 9 heteroatoms. The molecule has 0 spiro atoms. The molecular formula is C15H11F2N3O2S2. The van der Waals surface area contributed by atoms with Crippen LogP contribution in [0.25, 0.3) is 11.3 Å². The molecule has 5 nitrogen and oxygen atoms in total. The summed E-state index contributed by atoms with van der Waals surface area (Å²) >= 11 is 1.48. The maximum absolute atomic E-state index is 13.2. The molecule has 0 aliphatic carbocycles. The molecular weight excluding hydrogens is 356 g/mol. The molecule has 0 atom stereocenters. The Hall–Kier alpha value is -2.23. The van der Waals surface area contributed by atoms with Gasteiger partial charge in [-0.15, -0.1) is 0 Å². The number of rotatable bonds is 5. The van der Waals surface area contributed by atoms with E-state index in [1.54, 1.807) is 0 Å². The van der Waals surface area contributed by atoms with Gasteiger partial charge in [0.25, 0.3) is 0 Å². The molecule has 0 bridgehead atoms. The lowest BCUT2D eigenvalue weighted by Gasteiger charge is -2.09. The van der Waals surface area contributed by atoms with Gasteiger partial charge in [-0.2, -0.15) is 11.3 Å². The Bertz CT molecular complexity index is 940. The Labute approximate surface area is 141 Å². The fraction of sp³-hybridized carbons (Fsp3) is 0.0667. The monoisotopic (exact) mass is 367 g/mol. The maximum Gasteiger partial charge on any atom is 0.241 e. The molecule has 1 N–H and O–H groups in total. The lowest BCUT2D eigenvalue weighted by molar-refractivity contribution is 0.561. The predicted molar refractivity (Wildman–Crippen MR) is 85.7 cm³/mol. The first-order chi connectivity index (χ1) is 11.5. The smallest absolute Gasteiger partial charge is 0.241 e. The fourth-order valence-electron chi connectivity index (χ4n) is 2.07. The zero-order chi connectivity index (χ0) is 17.2.